The number of carboxylic acids is 1. The minimum absolute atomic E-state index is 0.121. The lowest BCUT2D eigenvalue weighted by molar-refractivity contribution is -0.142. The molecular weight excluding hydrogens is 320 g/mol. The van der Waals surface area contributed by atoms with E-state index >= 15 is 0 Å². The average molecular weight is 352 g/mol. The number of hydrogen-bond acceptors (Lipinski definition) is 4. The van der Waals surface area contributed by atoms with E-state index in [2.05, 4.69) is 46.8 Å². The molecule has 0 saturated carbocycles. The maximum absolute atomic E-state index is 10.3. The van der Waals surface area contributed by atoms with Crippen LogP contribution in [0.3, 0.4) is 0 Å². The maximum Gasteiger partial charge on any atom is 0.329 e. The number of carbonyl (C=O) groups is 1. The molecule has 0 saturated heterocycles. The fraction of sp³-hybridized carbons (Fsp3) is 0.650. The fourth-order valence-electron chi connectivity index (χ4n) is 3.03. The molecule has 0 fully saturated rings. The Balaban J connectivity index is 2.29. The van der Waals surface area contributed by atoms with Crippen molar-refractivity contribution < 1.29 is 24.1 Å². The van der Waals surface area contributed by atoms with Gasteiger partial charge in [0.05, 0.1) is 19.8 Å². The minimum atomic E-state index is -0.975. The topological polar surface area (TPSA) is 65.0 Å². The van der Waals surface area contributed by atoms with Crippen LogP contribution in [0, 0.1) is 5.41 Å². The Morgan fingerprint density at radius 2 is 1.48 bits per heavy atom. The van der Waals surface area contributed by atoms with Crippen LogP contribution in [-0.2, 0) is 19.7 Å². The largest absolute Gasteiger partial charge is 0.491 e. The minimum Gasteiger partial charge on any atom is -0.491 e. The Bertz CT molecular complexity index is 514. The van der Waals surface area contributed by atoms with Gasteiger partial charge in [-0.05, 0) is 34.9 Å². The quantitative estimate of drug-likeness (QED) is 0.612. The Morgan fingerprint density at radius 1 is 0.920 bits per heavy atom. The van der Waals surface area contributed by atoms with Crippen LogP contribution in [0.4, 0.5) is 0 Å². The van der Waals surface area contributed by atoms with E-state index in [-0.39, 0.29) is 24.0 Å². The standard InChI is InChI=1S/C20H32O5/c1-19(2,3)15-20(4,5)16-6-8-17(9-7-16)25-13-12-23-10-11-24-14-18(21)22/h6-9H,10-15H2,1-5H3,(H,21,22). The summed E-state index contributed by atoms with van der Waals surface area (Å²) in [5.41, 5.74) is 1.71. The first-order valence-electron chi connectivity index (χ1n) is 8.71. The smallest absolute Gasteiger partial charge is 0.329 e. The van der Waals surface area contributed by atoms with Crippen molar-refractivity contribution in [2.45, 2.75) is 46.5 Å². The summed E-state index contributed by atoms with van der Waals surface area (Å²) >= 11 is 0. The zero-order valence-corrected chi connectivity index (χ0v) is 16.1. The zero-order chi connectivity index (χ0) is 18.9. The van der Waals surface area contributed by atoms with Gasteiger partial charge in [0.2, 0.25) is 0 Å². The highest BCUT2D eigenvalue weighted by atomic mass is 16.5. The van der Waals surface area contributed by atoms with E-state index in [1.165, 1.54) is 5.56 Å². The molecule has 5 heteroatoms. The highest BCUT2D eigenvalue weighted by Crippen LogP contribution is 2.36. The molecule has 0 bridgehead atoms. The Morgan fingerprint density at radius 3 is 2.04 bits per heavy atom. The molecule has 1 N–H and O–H groups in total. The number of aliphatic carboxylic acids is 1. The van der Waals surface area contributed by atoms with Crippen LogP contribution in [-0.4, -0.2) is 44.1 Å². The van der Waals surface area contributed by atoms with Crippen LogP contribution < -0.4 is 4.74 Å². The van der Waals surface area contributed by atoms with E-state index in [4.69, 9.17) is 19.3 Å². The summed E-state index contributed by atoms with van der Waals surface area (Å²) in [5.74, 6) is -0.154. The van der Waals surface area contributed by atoms with Crippen LogP contribution in [0.1, 0.15) is 46.6 Å². The molecule has 0 unspecified atom stereocenters. The van der Waals surface area contributed by atoms with Gasteiger partial charge in [-0.25, -0.2) is 4.79 Å². The molecule has 25 heavy (non-hydrogen) atoms. The SMILES string of the molecule is CC(C)(C)CC(C)(C)c1ccc(OCCOCCOCC(=O)O)cc1. The molecule has 0 spiro atoms. The molecule has 142 valence electrons. The third-order valence-electron chi connectivity index (χ3n) is 3.70. The van der Waals surface area contributed by atoms with Gasteiger partial charge < -0.3 is 19.3 Å². The van der Waals surface area contributed by atoms with Crippen LogP contribution in [0.5, 0.6) is 5.75 Å². The molecule has 0 aliphatic rings. The maximum atomic E-state index is 10.3. The number of ether oxygens (including phenoxy) is 3. The summed E-state index contributed by atoms with van der Waals surface area (Å²) in [4.78, 5) is 10.3. The molecule has 1 aromatic carbocycles. The predicted molar refractivity (Wildman–Crippen MR) is 98.3 cm³/mol. The number of hydrogen-bond donors (Lipinski definition) is 1. The average Bonchev–Trinajstić information content (AvgIpc) is 2.47. The second-order valence-corrected chi connectivity index (χ2v) is 8.05. The van der Waals surface area contributed by atoms with Crippen molar-refractivity contribution in [1.82, 2.24) is 0 Å². The molecule has 1 aromatic rings. The van der Waals surface area contributed by atoms with Crippen molar-refractivity contribution in [2.24, 2.45) is 5.41 Å². The van der Waals surface area contributed by atoms with Crippen molar-refractivity contribution in [3.05, 3.63) is 29.8 Å². The number of benzene rings is 1. The Labute approximate surface area is 151 Å². The molecule has 0 heterocycles. The Hall–Kier alpha value is -1.59. The zero-order valence-electron chi connectivity index (χ0n) is 16.1. The number of rotatable bonds is 11. The molecule has 0 atom stereocenters. The molecule has 0 amide bonds. The van der Waals surface area contributed by atoms with E-state index in [0.717, 1.165) is 12.2 Å². The van der Waals surface area contributed by atoms with Crippen LogP contribution in [0.15, 0.2) is 24.3 Å². The second kappa shape index (κ2) is 9.78. The lowest BCUT2D eigenvalue weighted by Crippen LogP contribution is -2.24. The van der Waals surface area contributed by atoms with Crippen molar-refractivity contribution >= 4 is 5.97 Å². The van der Waals surface area contributed by atoms with Crippen LogP contribution >= 0.6 is 0 Å². The summed E-state index contributed by atoms with van der Waals surface area (Å²) in [6.07, 6.45) is 1.11. The fourth-order valence-corrected chi connectivity index (χ4v) is 3.03. The third kappa shape index (κ3) is 9.46. The monoisotopic (exact) mass is 352 g/mol. The predicted octanol–water partition coefficient (Wildman–Crippen LogP) is 3.90. The molecule has 5 nitrogen and oxygen atoms in total. The van der Waals surface area contributed by atoms with Crippen molar-refractivity contribution in [3.63, 3.8) is 0 Å². The van der Waals surface area contributed by atoms with Crippen LogP contribution in [0.25, 0.3) is 0 Å². The Kier molecular flexibility index (Phi) is 8.39. The first-order valence-corrected chi connectivity index (χ1v) is 8.71. The summed E-state index contributed by atoms with van der Waals surface area (Å²) < 4.78 is 15.9. The van der Waals surface area contributed by atoms with E-state index in [9.17, 15) is 4.79 Å². The molecular formula is C20H32O5. The summed E-state index contributed by atoms with van der Waals surface area (Å²) in [6, 6.07) is 8.24. The van der Waals surface area contributed by atoms with Crippen molar-refractivity contribution in [1.29, 1.82) is 0 Å². The van der Waals surface area contributed by atoms with Gasteiger partial charge in [-0.1, -0.05) is 46.8 Å². The number of carboxylic acid groups (broad SMARTS) is 1. The molecule has 1 rings (SSSR count). The highest BCUT2D eigenvalue weighted by molar-refractivity contribution is 5.67. The second-order valence-electron chi connectivity index (χ2n) is 8.05. The normalized spacial score (nSPS) is 12.2. The summed E-state index contributed by atoms with van der Waals surface area (Å²) in [5, 5.41) is 8.42. The molecule has 0 aliphatic carbocycles. The van der Waals surface area contributed by atoms with Gasteiger partial charge in [-0.15, -0.1) is 0 Å². The van der Waals surface area contributed by atoms with E-state index in [0.29, 0.717) is 19.8 Å². The van der Waals surface area contributed by atoms with Gasteiger partial charge >= 0.3 is 5.97 Å². The van der Waals surface area contributed by atoms with Gasteiger partial charge in [0.1, 0.15) is 19.0 Å². The van der Waals surface area contributed by atoms with Gasteiger partial charge in [-0.2, -0.15) is 0 Å². The van der Waals surface area contributed by atoms with Gasteiger partial charge in [0, 0.05) is 0 Å². The lowest BCUT2D eigenvalue weighted by Gasteiger charge is -2.33. The van der Waals surface area contributed by atoms with Gasteiger partial charge in [-0.3, -0.25) is 0 Å². The van der Waals surface area contributed by atoms with Crippen molar-refractivity contribution in [2.75, 3.05) is 33.0 Å². The highest BCUT2D eigenvalue weighted by Gasteiger charge is 2.27. The molecule has 0 aliphatic heterocycles. The lowest BCUT2D eigenvalue weighted by atomic mass is 9.72. The molecule has 0 aromatic heterocycles. The molecule has 0 radical (unpaired) electrons. The van der Waals surface area contributed by atoms with E-state index in [1.807, 2.05) is 12.1 Å². The van der Waals surface area contributed by atoms with E-state index < -0.39 is 5.97 Å². The summed E-state index contributed by atoms with van der Waals surface area (Å²) in [6.45, 7) is 12.6. The first kappa shape index (κ1) is 21.5. The third-order valence-corrected chi connectivity index (χ3v) is 3.70. The van der Waals surface area contributed by atoms with Gasteiger partial charge in [0.15, 0.2) is 0 Å². The van der Waals surface area contributed by atoms with Crippen molar-refractivity contribution in [3.8, 4) is 5.75 Å². The summed E-state index contributed by atoms with van der Waals surface area (Å²) in [7, 11) is 0. The first-order chi connectivity index (χ1) is 11.6. The van der Waals surface area contributed by atoms with Crippen LogP contribution in [0.2, 0.25) is 0 Å². The van der Waals surface area contributed by atoms with Gasteiger partial charge in [0.25, 0.3) is 0 Å². The van der Waals surface area contributed by atoms with E-state index in [1.54, 1.807) is 0 Å².